The van der Waals surface area contributed by atoms with Crippen molar-refractivity contribution in [1.29, 1.82) is 0 Å². The smallest absolute Gasteiger partial charge is 0.217 e. The Kier molecular flexibility index (Phi) is 2.65. The molecule has 0 atom stereocenters. The molecule has 1 aromatic rings. The van der Waals surface area contributed by atoms with Crippen LogP contribution in [0, 0.1) is 6.92 Å². The summed E-state index contributed by atoms with van der Waals surface area (Å²) in [5.74, 6) is 0.0257. The first-order chi connectivity index (χ1) is 5.20. The quantitative estimate of drug-likeness (QED) is 0.717. The molecule has 0 aromatic carbocycles. The van der Waals surface area contributed by atoms with E-state index in [2.05, 4.69) is 11.4 Å². The lowest BCUT2D eigenvalue weighted by atomic mass is 10.3. The molecule has 0 unspecified atom stereocenters. The normalized spacial score (nSPS) is 9.64. The summed E-state index contributed by atoms with van der Waals surface area (Å²) in [7, 11) is 0. The van der Waals surface area contributed by atoms with Crippen LogP contribution >= 0.6 is 11.3 Å². The Hall–Kier alpha value is -0.830. The first-order valence-corrected chi connectivity index (χ1v) is 4.35. The molecule has 11 heavy (non-hydrogen) atoms. The second-order valence-corrected chi connectivity index (χ2v) is 3.44. The molecular weight excluding hydrogens is 158 g/mol. The molecule has 1 amide bonds. The third-order valence-electron chi connectivity index (χ3n) is 1.47. The molecule has 0 aliphatic rings. The Bertz CT molecular complexity index is 254. The number of hydrogen-bond acceptors (Lipinski definition) is 2. The molecule has 0 aliphatic heterocycles. The van der Waals surface area contributed by atoms with E-state index in [1.165, 1.54) is 17.4 Å². The van der Waals surface area contributed by atoms with E-state index in [1.54, 1.807) is 11.3 Å². The highest BCUT2D eigenvalue weighted by Gasteiger charge is 1.98. The summed E-state index contributed by atoms with van der Waals surface area (Å²) in [5, 5.41) is 4.79. The molecule has 0 radical (unpaired) electrons. The van der Waals surface area contributed by atoms with Crippen molar-refractivity contribution in [3.63, 3.8) is 0 Å². The van der Waals surface area contributed by atoms with E-state index in [4.69, 9.17) is 0 Å². The molecule has 0 saturated carbocycles. The highest BCUT2D eigenvalue weighted by atomic mass is 32.1. The molecule has 1 heterocycles. The van der Waals surface area contributed by atoms with E-state index >= 15 is 0 Å². The van der Waals surface area contributed by atoms with Gasteiger partial charge in [0.1, 0.15) is 0 Å². The predicted molar refractivity (Wildman–Crippen MR) is 46.6 cm³/mol. The monoisotopic (exact) mass is 169 g/mol. The van der Waals surface area contributed by atoms with Crippen LogP contribution in [-0.2, 0) is 11.3 Å². The van der Waals surface area contributed by atoms with Crippen LogP contribution in [0.4, 0.5) is 0 Å². The number of hydrogen-bond donors (Lipinski definition) is 1. The van der Waals surface area contributed by atoms with Gasteiger partial charge in [0.2, 0.25) is 5.91 Å². The molecule has 1 rings (SSSR count). The molecule has 0 bridgehead atoms. The Morgan fingerprint density at radius 1 is 1.73 bits per heavy atom. The van der Waals surface area contributed by atoms with Crippen molar-refractivity contribution >= 4 is 17.2 Å². The summed E-state index contributed by atoms with van der Waals surface area (Å²) in [6, 6.07) is 2.06. The Morgan fingerprint density at radius 2 is 2.45 bits per heavy atom. The highest BCUT2D eigenvalue weighted by molar-refractivity contribution is 7.10. The first-order valence-electron chi connectivity index (χ1n) is 3.47. The zero-order chi connectivity index (χ0) is 8.27. The van der Waals surface area contributed by atoms with Gasteiger partial charge in [0, 0.05) is 11.8 Å². The van der Waals surface area contributed by atoms with Crippen LogP contribution in [0.1, 0.15) is 17.4 Å². The van der Waals surface area contributed by atoms with E-state index in [-0.39, 0.29) is 5.91 Å². The molecule has 2 nitrogen and oxygen atoms in total. The van der Waals surface area contributed by atoms with Gasteiger partial charge >= 0.3 is 0 Å². The summed E-state index contributed by atoms with van der Waals surface area (Å²) in [5.41, 5.74) is 1.25. The lowest BCUT2D eigenvalue weighted by molar-refractivity contribution is -0.119. The van der Waals surface area contributed by atoms with Gasteiger partial charge in [-0.2, -0.15) is 0 Å². The topological polar surface area (TPSA) is 29.1 Å². The number of amides is 1. The standard InChI is InChI=1S/C8H11NOS/c1-6-3-4-11-8(6)5-9-7(2)10/h3-4H,5H2,1-2H3,(H,9,10). The lowest BCUT2D eigenvalue weighted by Gasteiger charge is -1.99. The van der Waals surface area contributed by atoms with E-state index in [9.17, 15) is 4.79 Å². The van der Waals surface area contributed by atoms with E-state index in [0.29, 0.717) is 6.54 Å². The second kappa shape index (κ2) is 3.53. The second-order valence-electron chi connectivity index (χ2n) is 2.44. The Labute approximate surface area is 70.2 Å². The minimum Gasteiger partial charge on any atom is -0.351 e. The van der Waals surface area contributed by atoms with Crippen molar-refractivity contribution in [3.05, 3.63) is 21.9 Å². The summed E-state index contributed by atoms with van der Waals surface area (Å²) < 4.78 is 0. The van der Waals surface area contributed by atoms with Crippen molar-refractivity contribution in [1.82, 2.24) is 5.32 Å². The van der Waals surface area contributed by atoms with Crippen LogP contribution in [0.15, 0.2) is 11.4 Å². The van der Waals surface area contributed by atoms with Gasteiger partial charge in [0.05, 0.1) is 6.54 Å². The Balaban J connectivity index is 2.51. The summed E-state index contributed by atoms with van der Waals surface area (Å²) in [6.07, 6.45) is 0. The zero-order valence-electron chi connectivity index (χ0n) is 6.68. The summed E-state index contributed by atoms with van der Waals surface area (Å²) in [6.45, 7) is 4.25. The lowest BCUT2D eigenvalue weighted by Crippen LogP contribution is -2.18. The number of carbonyl (C=O) groups excluding carboxylic acids is 1. The maximum absolute atomic E-state index is 10.5. The molecule has 0 spiro atoms. The third kappa shape index (κ3) is 2.35. The summed E-state index contributed by atoms with van der Waals surface area (Å²) in [4.78, 5) is 11.8. The SMILES string of the molecule is CC(=O)NCc1sccc1C. The highest BCUT2D eigenvalue weighted by Crippen LogP contribution is 2.14. The van der Waals surface area contributed by atoms with Gasteiger partial charge in [-0.1, -0.05) is 0 Å². The molecule has 1 N–H and O–H groups in total. The molecule has 3 heteroatoms. The maximum Gasteiger partial charge on any atom is 0.217 e. The minimum atomic E-state index is 0.0257. The molecular formula is C8H11NOS. The van der Waals surface area contributed by atoms with Crippen molar-refractivity contribution in [2.45, 2.75) is 20.4 Å². The molecule has 0 saturated heterocycles. The van der Waals surface area contributed by atoms with Gasteiger partial charge in [0.15, 0.2) is 0 Å². The van der Waals surface area contributed by atoms with E-state index < -0.39 is 0 Å². The fourth-order valence-corrected chi connectivity index (χ4v) is 1.64. The van der Waals surface area contributed by atoms with Gasteiger partial charge in [-0.25, -0.2) is 0 Å². The fraction of sp³-hybridized carbons (Fsp3) is 0.375. The predicted octanol–water partition coefficient (Wildman–Crippen LogP) is 1.69. The Morgan fingerprint density at radius 3 is 2.91 bits per heavy atom. The van der Waals surface area contributed by atoms with Gasteiger partial charge in [-0.05, 0) is 23.9 Å². The van der Waals surface area contributed by atoms with Crippen molar-refractivity contribution < 1.29 is 4.79 Å². The van der Waals surface area contributed by atoms with Crippen LogP contribution in [-0.4, -0.2) is 5.91 Å². The third-order valence-corrected chi connectivity index (χ3v) is 2.49. The number of aryl methyl sites for hydroxylation is 1. The molecule has 60 valence electrons. The number of thiophene rings is 1. The van der Waals surface area contributed by atoms with Crippen LogP contribution < -0.4 is 5.32 Å². The van der Waals surface area contributed by atoms with Gasteiger partial charge < -0.3 is 5.32 Å². The van der Waals surface area contributed by atoms with Gasteiger partial charge in [-0.3, -0.25) is 4.79 Å². The maximum atomic E-state index is 10.5. The first kappa shape index (κ1) is 8.27. The van der Waals surface area contributed by atoms with Gasteiger partial charge in [0.25, 0.3) is 0 Å². The average molecular weight is 169 g/mol. The fourth-order valence-electron chi connectivity index (χ4n) is 0.790. The van der Waals surface area contributed by atoms with E-state index in [1.807, 2.05) is 12.3 Å². The van der Waals surface area contributed by atoms with Crippen molar-refractivity contribution in [2.75, 3.05) is 0 Å². The number of rotatable bonds is 2. The van der Waals surface area contributed by atoms with Crippen LogP contribution in [0.2, 0.25) is 0 Å². The summed E-state index contributed by atoms with van der Waals surface area (Å²) >= 11 is 1.68. The van der Waals surface area contributed by atoms with Crippen LogP contribution in [0.5, 0.6) is 0 Å². The van der Waals surface area contributed by atoms with Crippen molar-refractivity contribution in [3.8, 4) is 0 Å². The van der Waals surface area contributed by atoms with Crippen LogP contribution in [0.25, 0.3) is 0 Å². The largest absolute Gasteiger partial charge is 0.351 e. The molecule has 1 aromatic heterocycles. The minimum absolute atomic E-state index is 0.0257. The number of nitrogens with one attached hydrogen (secondary N) is 1. The zero-order valence-corrected chi connectivity index (χ0v) is 7.49. The van der Waals surface area contributed by atoms with Crippen LogP contribution in [0.3, 0.4) is 0 Å². The van der Waals surface area contributed by atoms with Crippen molar-refractivity contribution in [2.24, 2.45) is 0 Å². The van der Waals surface area contributed by atoms with Gasteiger partial charge in [-0.15, -0.1) is 11.3 Å². The van der Waals surface area contributed by atoms with E-state index in [0.717, 1.165) is 0 Å². The average Bonchev–Trinajstić information content (AvgIpc) is 2.31. The molecule has 0 fully saturated rings. The molecule has 0 aliphatic carbocycles. The number of carbonyl (C=O) groups is 1.